The third-order valence-corrected chi connectivity index (χ3v) is 11.5. The molecule has 0 spiro atoms. The van der Waals surface area contributed by atoms with Gasteiger partial charge in [-0.3, -0.25) is 0 Å². The van der Waals surface area contributed by atoms with Crippen LogP contribution in [0.4, 0.5) is 17.1 Å². The third kappa shape index (κ3) is 4.48. The monoisotopic (exact) mass is 693 g/mol. The Morgan fingerprint density at radius 1 is 0.407 bits per heavy atom. The first-order chi connectivity index (χ1) is 26.5. The van der Waals surface area contributed by atoms with E-state index in [9.17, 15) is 0 Å². The number of rotatable bonds is 5. The predicted molar refractivity (Wildman–Crippen MR) is 224 cm³/mol. The van der Waals surface area contributed by atoms with Gasteiger partial charge in [0.05, 0.1) is 5.69 Å². The molecule has 0 N–H and O–H groups in total. The highest BCUT2D eigenvalue weighted by atomic mass is 16.4. The summed E-state index contributed by atoms with van der Waals surface area (Å²) in [6.45, 7) is 4.69. The summed E-state index contributed by atoms with van der Waals surface area (Å²) in [5.74, 6) is 0. The van der Waals surface area contributed by atoms with E-state index in [1.54, 1.807) is 0 Å². The second kappa shape index (κ2) is 11.6. The minimum Gasteiger partial charge on any atom is -0.452 e. The summed E-state index contributed by atoms with van der Waals surface area (Å²) in [6.07, 6.45) is 0. The minimum atomic E-state index is -0.115. The summed E-state index contributed by atoms with van der Waals surface area (Å²) in [5.41, 5.74) is 16.5. The fourth-order valence-corrected chi connectivity index (χ4v) is 8.89. The van der Waals surface area contributed by atoms with E-state index < -0.39 is 0 Å². The van der Waals surface area contributed by atoms with Crippen molar-refractivity contribution in [3.8, 4) is 33.4 Å². The SMILES string of the molecule is CC1(C)c2ccccc2-c2ccc(N(c3ccc(-c4cccc5oc6c(ccc7c8ccccc8oc76)c45)cc3)c3ccccc3-c3ccccc3)cc21. The van der Waals surface area contributed by atoms with Crippen molar-refractivity contribution < 1.29 is 8.83 Å². The number of fused-ring (bicyclic) bond motifs is 10. The van der Waals surface area contributed by atoms with Crippen LogP contribution in [0.25, 0.3) is 77.3 Å². The Labute approximate surface area is 313 Å². The molecule has 2 aromatic heterocycles. The fraction of sp³-hybridized carbons (Fsp3) is 0.0588. The van der Waals surface area contributed by atoms with E-state index in [1.807, 2.05) is 18.2 Å². The quantitative estimate of drug-likeness (QED) is 0.180. The first-order valence-electron chi connectivity index (χ1n) is 18.6. The Morgan fingerprint density at radius 3 is 1.89 bits per heavy atom. The van der Waals surface area contributed by atoms with Crippen molar-refractivity contribution in [3.63, 3.8) is 0 Å². The van der Waals surface area contributed by atoms with Crippen molar-refractivity contribution in [1.82, 2.24) is 0 Å². The molecule has 1 aliphatic rings. The van der Waals surface area contributed by atoms with Gasteiger partial charge in [0.1, 0.15) is 11.2 Å². The number of benzene rings is 8. The zero-order valence-corrected chi connectivity index (χ0v) is 30.0. The number of furan rings is 2. The van der Waals surface area contributed by atoms with Gasteiger partial charge in [0, 0.05) is 43.9 Å². The zero-order chi connectivity index (χ0) is 36.0. The molecule has 10 aromatic rings. The van der Waals surface area contributed by atoms with Crippen LogP contribution in [0.5, 0.6) is 0 Å². The molecule has 0 aliphatic heterocycles. The Bertz CT molecular complexity index is 3070. The Morgan fingerprint density at radius 2 is 1.02 bits per heavy atom. The van der Waals surface area contributed by atoms with Gasteiger partial charge in [-0.05, 0) is 93.5 Å². The highest BCUT2D eigenvalue weighted by molar-refractivity contribution is 6.21. The lowest BCUT2D eigenvalue weighted by Crippen LogP contribution is -2.16. The summed E-state index contributed by atoms with van der Waals surface area (Å²) in [4.78, 5) is 2.41. The van der Waals surface area contributed by atoms with Gasteiger partial charge in [-0.25, -0.2) is 0 Å². The summed E-state index contributed by atoms with van der Waals surface area (Å²) in [7, 11) is 0. The van der Waals surface area contributed by atoms with E-state index in [-0.39, 0.29) is 5.41 Å². The molecule has 2 heterocycles. The second-order valence-electron chi connectivity index (χ2n) is 14.9. The van der Waals surface area contributed by atoms with Gasteiger partial charge in [0.25, 0.3) is 0 Å². The Hall–Kier alpha value is -6.84. The molecule has 3 nitrogen and oxygen atoms in total. The average Bonchev–Trinajstić information content (AvgIpc) is 3.87. The van der Waals surface area contributed by atoms with Crippen LogP contribution in [0.1, 0.15) is 25.0 Å². The molecule has 0 unspecified atom stereocenters. The lowest BCUT2D eigenvalue weighted by molar-refractivity contribution is 0.633. The number of nitrogens with zero attached hydrogens (tertiary/aromatic N) is 1. The van der Waals surface area contributed by atoms with Crippen LogP contribution in [0.3, 0.4) is 0 Å². The Kier molecular flexibility index (Phi) is 6.60. The topological polar surface area (TPSA) is 29.5 Å². The molecular formula is C51H35NO2. The van der Waals surface area contributed by atoms with Crippen LogP contribution in [0.2, 0.25) is 0 Å². The molecule has 8 aromatic carbocycles. The van der Waals surface area contributed by atoms with Crippen LogP contribution in [0.15, 0.2) is 185 Å². The van der Waals surface area contributed by atoms with Gasteiger partial charge in [-0.2, -0.15) is 0 Å². The van der Waals surface area contributed by atoms with Crippen LogP contribution in [0, 0.1) is 0 Å². The van der Waals surface area contributed by atoms with Crippen molar-refractivity contribution in [2.75, 3.05) is 4.90 Å². The second-order valence-corrected chi connectivity index (χ2v) is 14.9. The largest absolute Gasteiger partial charge is 0.452 e. The number of hydrogen-bond donors (Lipinski definition) is 0. The van der Waals surface area contributed by atoms with Crippen molar-refractivity contribution in [1.29, 1.82) is 0 Å². The van der Waals surface area contributed by atoms with E-state index in [2.05, 4.69) is 176 Å². The molecule has 1 aliphatic carbocycles. The van der Waals surface area contributed by atoms with E-state index in [0.717, 1.165) is 72.1 Å². The molecule has 0 saturated carbocycles. The number of anilines is 3. The highest BCUT2D eigenvalue weighted by Gasteiger charge is 2.36. The third-order valence-electron chi connectivity index (χ3n) is 11.5. The van der Waals surface area contributed by atoms with Crippen molar-refractivity contribution in [2.24, 2.45) is 0 Å². The standard InChI is InChI=1S/C51H35NO2/c1-51(2)43-19-9-6-16-38(43)39-28-27-35(31-44(39)51)52(45-20-10-7-15-36(45)32-13-4-3-5-14-32)34-25-23-33(24-26-34)37-18-12-22-47-48(37)42-30-29-41-40-17-8-11-21-46(40)53-49(41)50(42)54-47/h3-31H,1-2H3. The molecule has 0 amide bonds. The van der Waals surface area contributed by atoms with Gasteiger partial charge in [0.2, 0.25) is 0 Å². The number of hydrogen-bond acceptors (Lipinski definition) is 3. The van der Waals surface area contributed by atoms with Crippen LogP contribution < -0.4 is 4.90 Å². The number of para-hydroxylation sites is 2. The molecule has 0 fully saturated rings. The normalized spacial score (nSPS) is 13.1. The Balaban J connectivity index is 1.07. The van der Waals surface area contributed by atoms with Crippen molar-refractivity contribution >= 4 is 60.9 Å². The van der Waals surface area contributed by atoms with E-state index in [4.69, 9.17) is 8.83 Å². The maximum absolute atomic E-state index is 6.56. The van der Waals surface area contributed by atoms with E-state index in [0.29, 0.717) is 0 Å². The van der Waals surface area contributed by atoms with E-state index in [1.165, 1.54) is 33.4 Å². The first kappa shape index (κ1) is 30.8. The summed E-state index contributed by atoms with van der Waals surface area (Å²) < 4.78 is 12.9. The van der Waals surface area contributed by atoms with Gasteiger partial charge in [0.15, 0.2) is 11.2 Å². The molecule has 256 valence electrons. The molecule has 0 saturated heterocycles. The van der Waals surface area contributed by atoms with Gasteiger partial charge < -0.3 is 13.7 Å². The van der Waals surface area contributed by atoms with Crippen LogP contribution in [-0.2, 0) is 5.41 Å². The lowest BCUT2D eigenvalue weighted by Gasteiger charge is -2.30. The van der Waals surface area contributed by atoms with Gasteiger partial charge >= 0.3 is 0 Å². The van der Waals surface area contributed by atoms with E-state index >= 15 is 0 Å². The first-order valence-corrected chi connectivity index (χ1v) is 18.6. The molecule has 11 rings (SSSR count). The molecule has 0 radical (unpaired) electrons. The summed E-state index contributed by atoms with van der Waals surface area (Å²) in [5, 5.41) is 4.31. The molecule has 54 heavy (non-hydrogen) atoms. The smallest absolute Gasteiger partial charge is 0.178 e. The predicted octanol–water partition coefficient (Wildman–Crippen LogP) is 14.6. The minimum absolute atomic E-state index is 0.115. The maximum Gasteiger partial charge on any atom is 0.178 e. The molecular weight excluding hydrogens is 659 g/mol. The van der Waals surface area contributed by atoms with Crippen LogP contribution in [-0.4, -0.2) is 0 Å². The fourth-order valence-electron chi connectivity index (χ4n) is 8.89. The van der Waals surface area contributed by atoms with Crippen molar-refractivity contribution in [3.05, 3.63) is 187 Å². The van der Waals surface area contributed by atoms with Crippen molar-refractivity contribution in [2.45, 2.75) is 19.3 Å². The maximum atomic E-state index is 6.56. The highest BCUT2D eigenvalue weighted by Crippen LogP contribution is 2.51. The van der Waals surface area contributed by atoms with Crippen LogP contribution >= 0.6 is 0 Å². The molecule has 3 heteroatoms. The summed E-state index contributed by atoms with van der Waals surface area (Å²) in [6, 6.07) is 63.1. The average molecular weight is 694 g/mol. The van der Waals surface area contributed by atoms with Gasteiger partial charge in [-0.1, -0.05) is 135 Å². The molecule has 0 atom stereocenters. The summed E-state index contributed by atoms with van der Waals surface area (Å²) >= 11 is 0. The molecule has 0 bridgehead atoms. The zero-order valence-electron chi connectivity index (χ0n) is 30.0. The van der Waals surface area contributed by atoms with Gasteiger partial charge in [-0.15, -0.1) is 0 Å². The lowest BCUT2D eigenvalue weighted by atomic mass is 9.82.